The van der Waals surface area contributed by atoms with Crippen LogP contribution in [-0.4, -0.2) is 62.4 Å². The summed E-state index contributed by atoms with van der Waals surface area (Å²) >= 11 is 7.10. The zero-order chi connectivity index (χ0) is 30.1. The van der Waals surface area contributed by atoms with Gasteiger partial charge >= 0.3 is 0 Å². The molecule has 0 radical (unpaired) electrons. The van der Waals surface area contributed by atoms with Crippen LogP contribution in [0, 0.1) is 6.92 Å². The highest BCUT2D eigenvalue weighted by Gasteiger charge is 2.10. The molecule has 0 bridgehead atoms. The van der Waals surface area contributed by atoms with Crippen LogP contribution in [0.25, 0.3) is 21.0 Å². The molecule has 0 atom stereocenters. The third-order valence-corrected chi connectivity index (χ3v) is 8.43. The number of thiocarbonyl (C=S) groups is 1. The molecule has 5 aromatic rings. The van der Waals surface area contributed by atoms with Gasteiger partial charge in [-0.15, -0.1) is 0 Å². The topological polar surface area (TPSA) is 41.1 Å². The minimum atomic E-state index is 0.431. The Bertz CT molecular complexity index is 1610. The molecule has 6 nitrogen and oxygen atoms in total. The van der Waals surface area contributed by atoms with Gasteiger partial charge in [0.05, 0.1) is 10.2 Å². The average molecular weight is 601 g/mol. The normalized spacial score (nSPS) is 10.8. The van der Waals surface area contributed by atoms with Crippen molar-refractivity contribution >= 4 is 60.5 Å². The minimum absolute atomic E-state index is 0.431. The van der Waals surface area contributed by atoms with Crippen molar-refractivity contribution in [2.75, 3.05) is 57.2 Å². The molecule has 0 amide bonds. The molecular formula is C34H40N4O2S2. The number of hydrogen-bond donors (Lipinski definition) is 0. The predicted molar refractivity (Wildman–Crippen MR) is 184 cm³/mol. The average Bonchev–Trinajstić information content (AvgIpc) is 3.43. The smallest absolute Gasteiger partial charge is 0.269 e. The number of aromatic nitrogens is 1. The third-order valence-electron chi connectivity index (χ3n) is 6.89. The summed E-state index contributed by atoms with van der Waals surface area (Å²) in [6.45, 7) is 10.2. The highest BCUT2D eigenvalue weighted by Crippen LogP contribution is 2.30. The van der Waals surface area contributed by atoms with E-state index in [9.17, 15) is 0 Å². The van der Waals surface area contributed by atoms with Crippen molar-refractivity contribution in [2.24, 2.45) is 0 Å². The predicted octanol–water partition coefficient (Wildman–Crippen LogP) is 8.03. The van der Waals surface area contributed by atoms with E-state index in [4.69, 9.17) is 21.7 Å². The van der Waals surface area contributed by atoms with Crippen LogP contribution in [0.15, 0.2) is 84.9 Å². The van der Waals surface area contributed by atoms with Crippen molar-refractivity contribution < 1.29 is 9.47 Å². The Morgan fingerprint density at radius 2 is 1.57 bits per heavy atom. The number of nitrogens with zero attached hydrogens (tertiary/aromatic N) is 4. The van der Waals surface area contributed by atoms with Crippen molar-refractivity contribution in [1.82, 2.24) is 9.88 Å². The SMILES string of the molecule is CCN(CC)CCOc1ccc2nc(N(C)C)sc2c1.Cc1cccc(N(C)C(=S)Oc2ccc3ccccc3c2)c1. The Balaban J connectivity index is 0.000000194. The van der Waals surface area contributed by atoms with Gasteiger partial charge in [0, 0.05) is 33.4 Å². The summed E-state index contributed by atoms with van der Waals surface area (Å²) in [5.41, 5.74) is 3.25. The second-order valence-electron chi connectivity index (χ2n) is 10.2. The number of fused-ring (bicyclic) bond motifs is 2. The van der Waals surface area contributed by atoms with Gasteiger partial charge in [-0.2, -0.15) is 0 Å². The Morgan fingerprint density at radius 3 is 2.29 bits per heavy atom. The maximum Gasteiger partial charge on any atom is 0.269 e. The summed E-state index contributed by atoms with van der Waals surface area (Å²) in [6.07, 6.45) is 0. The zero-order valence-electron chi connectivity index (χ0n) is 25.3. The fourth-order valence-corrected chi connectivity index (χ4v) is 5.47. The van der Waals surface area contributed by atoms with Crippen LogP contribution in [0.4, 0.5) is 10.8 Å². The van der Waals surface area contributed by atoms with Crippen LogP contribution in [0.2, 0.25) is 0 Å². The number of benzene rings is 4. The molecule has 1 heterocycles. The van der Waals surface area contributed by atoms with Gasteiger partial charge in [0.1, 0.15) is 18.1 Å². The van der Waals surface area contributed by atoms with Gasteiger partial charge in [-0.1, -0.05) is 67.6 Å². The van der Waals surface area contributed by atoms with Crippen molar-refractivity contribution in [3.05, 3.63) is 90.5 Å². The molecule has 0 aliphatic heterocycles. The number of ether oxygens (including phenoxy) is 2. The lowest BCUT2D eigenvalue weighted by Crippen LogP contribution is -2.29. The van der Waals surface area contributed by atoms with Gasteiger partial charge in [-0.3, -0.25) is 0 Å². The Morgan fingerprint density at radius 1 is 0.833 bits per heavy atom. The van der Waals surface area contributed by atoms with Crippen LogP contribution in [-0.2, 0) is 0 Å². The van der Waals surface area contributed by atoms with Gasteiger partial charge < -0.3 is 24.2 Å². The summed E-state index contributed by atoms with van der Waals surface area (Å²) < 4.78 is 12.9. The van der Waals surface area contributed by atoms with Crippen LogP contribution in [0.5, 0.6) is 11.5 Å². The van der Waals surface area contributed by atoms with E-state index in [1.54, 1.807) is 11.3 Å². The van der Waals surface area contributed by atoms with Crippen molar-refractivity contribution in [1.29, 1.82) is 0 Å². The van der Waals surface area contributed by atoms with Crippen LogP contribution in [0.3, 0.4) is 0 Å². The quantitative estimate of drug-likeness (QED) is 0.159. The number of likely N-dealkylation sites (N-methyl/N-ethyl adjacent to an activating group) is 1. The van der Waals surface area contributed by atoms with E-state index >= 15 is 0 Å². The number of thiazole rings is 1. The van der Waals surface area contributed by atoms with E-state index in [0.717, 1.165) is 59.5 Å². The van der Waals surface area contributed by atoms with E-state index in [2.05, 4.69) is 61.0 Å². The van der Waals surface area contributed by atoms with E-state index in [0.29, 0.717) is 5.17 Å². The first kappa shape index (κ1) is 31.2. The molecule has 1 aromatic heterocycles. The highest BCUT2D eigenvalue weighted by molar-refractivity contribution is 7.80. The molecule has 0 spiro atoms. The fourth-order valence-electron chi connectivity index (χ4n) is 4.35. The largest absolute Gasteiger partial charge is 0.492 e. The number of rotatable bonds is 9. The fraction of sp³-hybridized carbons (Fsp3) is 0.294. The Kier molecular flexibility index (Phi) is 11.1. The molecular weight excluding hydrogens is 561 g/mol. The Hall–Kier alpha value is -3.72. The number of aryl methyl sites for hydroxylation is 1. The molecule has 0 saturated heterocycles. The van der Waals surface area contributed by atoms with Gasteiger partial charge in [0.15, 0.2) is 5.13 Å². The summed E-state index contributed by atoms with van der Waals surface area (Å²) in [4.78, 5) is 10.8. The standard InChI is InChI=1S/C19H17NOS.C15H23N3OS/c1-14-6-5-9-17(12-14)20(2)19(22)21-18-11-10-15-7-3-4-8-16(15)13-18;1-5-18(6-2)9-10-19-12-7-8-13-14(11-12)20-15(16-13)17(3)4/h3-13H,1-2H3;7-8,11H,5-6,9-10H2,1-4H3. The lowest BCUT2D eigenvalue weighted by atomic mass is 10.1. The molecule has 0 unspecified atom stereocenters. The van der Waals surface area contributed by atoms with Crippen LogP contribution in [0.1, 0.15) is 19.4 Å². The van der Waals surface area contributed by atoms with Gasteiger partial charge in [-0.05, 0) is 91.0 Å². The lowest BCUT2D eigenvalue weighted by Gasteiger charge is -2.20. The van der Waals surface area contributed by atoms with Crippen LogP contribution >= 0.6 is 23.6 Å². The molecule has 0 N–H and O–H groups in total. The molecule has 0 aliphatic rings. The molecule has 4 aromatic carbocycles. The first-order chi connectivity index (χ1) is 20.3. The first-order valence-electron chi connectivity index (χ1n) is 14.2. The van der Waals surface area contributed by atoms with Gasteiger partial charge in [-0.25, -0.2) is 4.98 Å². The third kappa shape index (κ3) is 8.41. The summed E-state index contributed by atoms with van der Waals surface area (Å²) in [5.74, 6) is 1.68. The molecule has 220 valence electrons. The summed E-state index contributed by atoms with van der Waals surface area (Å²) in [6, 6.07) is 28.5. The molecule has 0 saturated carbocycles. The van der Waals surface area contributed by atoms with Crippen molar-refractivity contribution in [3.63, 3.8) is 0 Å². The Labute approximate surface area is 259 Å². The van der Waals surface area contributed by atoms with E-state index in [-0.39, 0.29) is 0 Å². The molecule has 0 aliphatic carbocycles. The van der Waals surface area contributed by atoms with E-state index < -0.39 is 0 Å². The minimum Gasteiger partial charge on any atom is -0.492 e. The first-order valence-corrected chi connectivity index (χ1v) is 15.4. The second kappa shape index (κ2) is 15.0. The van der Waals surface area contributed by atoms with Crippen molar-refractivity contribution in [3.8, 4) is 11.5 Å². The van der Waals surface area contributed by atoms with Gasteiger partial charge in [0.2, 0.25) is 0 Å². The van der Waals surface area contributed by atoms with E-state index in [1.807, 2.05) is 85.5 Å². The molecule has 42 heavy (non-hydrogen) atoms. The van der Waals surface area contributed by atoms with Gasteiger partial charge in [0.25, 0.3) is 5.17 Å². The maximum absolute atomic E-state index is 5.84. The summed E-state index contributed by atoms with van der Waals surface area (Å²) in [7, 11) is 5.94. The number of anilines is 2. The van der Waals surface area contributed by atoms with Crippen molar-refractivity contribution in [2.45, 2.75) is 20.8 Å². The maximum atomic E-state index is 5.84. The van der Waals surface area contributed by atoms with E-state index in [1.165, 1.54) is 15.6 Å². The summed E-state index contributed by atoms with van der Waals surface area (Å²) in [5, 5.41) is 3.79. The highest BCUT2D eigenvalue weighted by atomic mass is 32.1. The second-order valence-corrected chi connectivity index (χ2v) is 11.5. The van der Waals surface area contributed by atoms with Crippen LogP contribution < -0.4 is 19.3 Å². The molecule has 0 fully saturated rings. The molecule has 5 rings (SSSR count). The monoisotopic (exact) mass is 600 g/mol. The lowest BCUT2D eigenvalue weighted by molar-refractivity contribution is 0.223. The number of hydrogen-bond acceptors (Lipinski definition) is 7. The molecule has 8 heteroatoms. The zero-order valence-corrected chi connectivity index (χ0v) is 27.0.